The molecule has 0 fully saturated rings. The van der Waals surface area contributed by atoms with Crippen molar-refractivity contribution in [2.24, 2.45) is 0 Å². The maximum atomic E-state index is 7.03. The van der Waals surface area contributed by atoms with E-state index in [2.05, 4.69) is 209 Å². The van der Waals surface area contributed by atoms with Crippen LogP contribution in [0, 0.1) is 0 Å². The van der Waals surface area contributed by atoms with Crippen molar-refractivity contribution in [2.75, 3.05) is 0 Å². The lowest BCUT2D eigenvalue weighted by Gasteiger charge is -2.34. The van der Waals surface area contributed by atoms with Crippen molar-refractivity contribution in [3.8, 4) is 56.6 Å². The van der Waals surface area contributed by atoms with Gasteiger partial charge in [0.2, 0.25) is 0 Å². The lowest BCUT2D eigenvalue weighted by Crippen LogP contribution is -2.57. The topological polar surface area (TPSA) is 28.3 Å². The number of hydrogen-bond acceptors (Lipinski definition) is 2. The van der Waals surface area contributed by atoms with Crippen LogP contribution in [-0.2, 0) is 0 Å². The molecule has 2 aliphatic rings. The molecule has 0 saturated heterocycles. The summed E-state index contributed by atoms with van der Waals surface area (Å²) in [5.41, 5.74) is 14.7. The Bertz CT molecular complexity index is 3380. The van der Waals surface area contributed by atoms with Crippen molar-refractivity contribution in [2.45, 2.75) is 0 Å². The first-order chi connectivity index (χ1) is 29.3. The summed E-state index contributed by atoms with van der Waals surface area (Å²) in [5, 5.41) is 4.82. The van der Waals surface area contributed by atoms with Crippen molar-refractivity contribution in [3.05, 3.63) is 200 Å². The summed E-state index contributed by atoms with van der Waals surface area (Å²) in [5.74, 6) is 3.34. The van der Waals surface area contributed by atoms with Gasteiger partial charge in [-0.2, -0.15) is 0 Å². The van der Waals surface area contributed by atoms with Crippen LogP contribution in [0.25, 0.3) is 77.2 Å². The number of hydrogen-bond donors (Lipinski definition) is 0. The molecule has 0 N–H and O–H groups in total. The quantitative estimate of drug-likeness (QED) is 0.168. The molecule has 0 bridgehead atoms. The van der Waals surface area contributed by atoms with Gasteiger partial charge in [0, 0.05) is 44.8 Å². The largest absolute Gasteiger partial charge is 0.458 e. The predicted octanol–water partition coefficient (Wildman–Crippen LogP) is 11.9. The number of aromatic nitrogens is 2. The van der Waals surface area contributed by atoms with E-state index in [1.807, 2.05) is 0 Å². The summed E-state index contributed by atoms with van der Waals surface area (Å²) in [4.78, 5) is 0. The summed E-state index contributed by atoms with van der Waals surface area (Å²) >= 11 is 0. The van der Waals surface area contributed by atoms with E-state index in [0.29, 0.717) is 0 Å². The molecule has 274 valence electrons. The van der Waals surface area contributed by atoms with Gasteiger partial charge >= 0.3 is 0 Å². The van der Waals surface area contributed by atoms with Gasteiger partial charge in [-0.1, -0.05) is 146 Å². The zero-order valence-electron chi connectivity index (χ0n) is 31.8. The second-order valence-corrected chi connectivity index (χ2v) is 15.6. The lowest BCUT2D eigenvalue weighted by atomic mass is 9.34. The van der Waals surface area contributed by atoms with Crippen LogP contribution in [0.1, 0.15) is 0 Å². The monoisotopic (exact) mass is 752 g/mol. The Kier molecular flexibility index (Phi) is 6.78. The molecule has 59 heavy (non-hydrogen) atoms. The summed E-state index contributed by atoms with van der Waals surface area (Å²) in [6.07, 6.45) is 0. The third-order valence-corrected chi connectivity index (χ3v) is 12.4. The average Bonchev–Trinajstić information content (AvgIpc) is 3.82. The summed E-state index contributed by atoms with van der Waals surface area (Å²) in [6.45, 7) is -0.0948. The van der Waals surface area contributed by atoms with Crippen LogP contribution in [0.3, 0.4) is 0 Å². The van der Waals surface area contributed by atoms with E-state index in [0.717, 1.165) is 78.4 Å². The summed E-state index contributed by atoms with van der Waals surface area (Å²) < 4.78 is 18.9. The van der Waals surface area contributed by atoms with Gasteiger partial charge in [0.15, 0.2) is 0 Å². The summed E-state index contributed by atoms with van der Waals surface area (Å²) in [6, 6.07) is 71.7. The van der Waals surface area contributed by atoms with Gasteiger partial charge in [0.25, 0.3) is 6.71 Å². The third-order valence-electron chi connectivity index (χ3n) is 12.4. The maximum absolute atomic E-state index is 7.03. The Labute approximate surface area is 340 Å². The molecule has 11 aromatic rings. The van der Waals surface area contributed by atoms with E-state index in [1.165, 1.54) is 38.2 Å². The van der Waals surface area contributed by atoms with Crippen LogP contribution in [-0.4, -0.2) is 15.8 Å². The van der Waals surface area contributed by atoms with Crippen molar-refractivity contribution >= 4 is 66.7 Å². The first kappa shape index (κ1) is 32.3. The fraction of sp³-hybridized carbons (Fsp3) is 0. The Morgan fingerprint density at radius 1 is 0.339 bits per heavy atom. The standard InChI is InChI=1S/C54H33BN2O2/c1-4-14-34(15-5-1)36-24-28-48-43(30-36)55-44-31-37(35-16-6-2-7-17-35)25-29-49(44)59-51-33-39(32-50(58-48)53(51)55)57-45-22-12-10-20-40(45)41-26-27-47-52(54(41)57)42-21-11-13-23-46(42)56(47)38-18-8-3-9-19-38/h1-33H. The first-order valence-corrected chi connectivity index (χ1v) is 20.2. The number of rotatable bonds is 4. The zero-order valence-corrected chi connectivity index (χ0v) is 31.8. The van der Waals surface area contributed by atoms with Crippen LogP contribution in [0.15, 0.2) is 200 Å². The van der Waals surface area contributed by atoms with E-state index < -0.39 is 0 Å². The molecular formula is C54H33BN2O2. The summed E-state index contributed by atoms with van der Waals surface area (Å²) in [7, 11) is 0. The lowest BCUT2D eigenvalue weighted by molar-refractivity contribution is 0.464. The Balaban J connectivity index is 1.09. The van der Waals surface area contributed by atoms with E-state index >= 15 is 0 Å². The Morgan fingerprint density at radius 2 is 0.864 bits per heavy atom. The zero-order chi connectivity index (χ0) is 38.6. The van der Waals surface area contributed by atoms with E-state index in [-0.39, 0.29) is 6.71 Å². The van der Waals surface area contributed by atoms with Gasteiger partial charge in [-0.15, -0.1) is 0 Å². The second kappa shape index (κ2) is 12.4. The molecular weight excluding hydrogens is 719 g/mol. The molecule has 0 aliphatic carbocycles. The van der Waals surface area contributed by atoms with Crippen molar-refractivity contribution in [1.82, 2.24) is 9.13 Å². The molecule has 13 rings (SSSR count). The number of para-hydroxylation sites is 3. The van der Waals surface area contributed by atoms with Gasteiger partial charge in [0.05, 0.1) is 27.8 Å². The average molecular weight is 753 g/mol. The highest BCUT2D eigenvalue weighted by Gasteiger charge is 2.41. The second-order valence-electron chi connectivity index (χ2n) is 15.6. The van der Waals surface area contributed by atoms with Gasteiger partial charge in [0.1, 0.15) is 23.0 Å². The highest BCUT2D eigenvalue weighted by atomic mass is 16.5. The van der Waals surface area contributed by atoms with Gasteiger partial charge in [-0.05, 0) is 75.6 Å². The van der Waals surface area contributed by atoms with E-state index in [9.17, 15) is 0 Å². The molecule has 0 radical (unpaired) electrons. The number of benzene rings is 9. The Hall–Kier alpha value is -7.76. The minimum atomic E-state index is -0.0948. The van der Waals surface area contributed by atoms with Crippen LogP contribution in [0.2, 0.25) is 0 Å². The fourth-order valence-electron chi connectivity index (χ4n) is 9.87. The van der Waals surface area contributed by atoms with E-state index in [4.69, 9.17) is 9.47 Å². The van der Waals surface area contributed by atoms with Gasteiger partial charge in [-0.3, -0.25) is 0 Å². The van der Waals surface area contributed by atoms with Gasteiger partial charge < -0.3 is 18.6 Å². The van der Waals surface area contributed by atoms with Gasteiger partial charge in [-0.25, -0.2) is 0 Å². The highest BCUT2D eigenvalue weighted by molar-refractivity contribution is 6.98. The molecule has 2 aromatic heterocycles. The molecule has 9 aromatic carbocycles. The molecule has 0 unspecified atom stereocenters. The van der Waals surface area contributed by atoms with Crippen molar-refractivity contribution < 1.29 is 9.47 Å². The van der Waals surface area contributed by atoms with Crippen LogP contribution < -0.4 is 25.9 Å². The van der Waals surface area contributed by atoms with Crippen LogP contribution in [0.4, 0.5) is 0 Å². The fourth-order valence-corrected chi connectivity index (χ4v) is 9.87. The van der Waals surface area contributed by atoms with Crippen molar-refractivity contribution in [3.63, 3.8) is 0 Å². The maximum Gasteiger partial charge on any atom is 0.260 e. The molecule has 2 aliphatic heterocycles. The molecule has 0 amide bonds. The molecule has 5 heteroatoms. The minimum absolute atomic E-state index is 0.0948. The predicted molar refractivity (Wildman–Crippen MR) is 244 cm³/mol. The third kappa shape index (κ3) is 4.73. The van der Waals surface area contributed by atoms with Crippen LogP contribution >= 0.6 is 0 Å². The number of nitrogens with zero attached hydrogens (tertiary/aromatic N) is 2. The first-order valence-electron chi connectivity index (χ1n) is 20.2. The normalized spacial score (nSPS) is 12.6. The molecule has 0 atom stereocenters. The molecule has 0 spiro atoms. The van der Waals surface area contributed by atoms with E-state index in [1.54, 1.807) is 0 Å². The SMILES string of the molecule is c1ccc(-c2ccc3c(c2)B2c4cc(-c5ccccc5)ccc4Oc4cc(-n5c6ccccc6c6ccc7c(c8ccccc8n7-c7ccccc7)c65)cc(c42)O3)cc1. The number of fused-ring (bicyclic) bond motifs is 11. The van der Waals surface area contributed by atoms with Crippen molar-refractivity contribution in [1.29, 1.82) is 0 Å². The molecule has 4 heterocycles. The molecule has 4 nitrogen and oxygen atoms in total. The number of ether oxygens (including phenoxy) is 2. The molecule has 0 saturated carbocycles. The highest BCUT2D eigenvalue weighted by Crippen LogP contribution is 2.44. The smallest absolute Gasteiger partial charge is 0.260 e. The minimum Gasteiger partial charge on any atom is -0.458 e. The van der Waals surface area contributed by atoms with Crippen LogP contribution in [0.5, 0.6) is 23.0 Å². The Morgan fingerprint density at radius 3 is 1.47 bits per heavy atom.